The molecule has 1 aromatic heterocycles. The highest BCUT2D eigenvalue weighted by Gasteiger charge is 2.59. The lowest BCUT2D eigenvalue weighted by atomic mass is 9.49. The normalized spacial score (nSPS) is 34.3. The highest BCUT2D eigenvalue weighted by atomic mass is 79.9. The molecule has 0 radical (unpaired) electrons. The van der Waals surface area contributed by atoms with Crippen LogP contribution in [0.5, 0.6) is 0 Å². The van der Waals surface area contributed by atoms with Crippen molar-refractivity contribution >= 4 is 38.4 Å². The molecule has 4 aliphatic carbocycles. The molecule has 1 aromatic carbocycles. The lowest BCUT2D eigenvalue weighted by Crippen LogP contribution is -2.57. The van der Waals surface area contributed by atoms with Gasteiger partial charge in [-0.1, -0.05) is 15.9 Å². The van der Waals surface area contributed by atoms with Crippen molar-refractivity contribution in [3.05, 3.63) is 30.5 Å². The molecule has 0 aliphatic heterocycles. The van der Waals surface area contributed by atoms with Gasteiger partial charge in [-0.3, -0.25) is 4.79 Å². The summed E-state index contributed by atoms with van der Waals surface area (Å²) in [6, 6.07) is 8.35. The number of carbonyl (C=O) groups is 1. The van der Waals surface area contributed by atoms with Crippen LogP contribution in [0.1, 0.15) is 38.5 Å². The molecule has 1 amide bonds. The number of aromatic nitrogens is 1. The van der Waals surface area contributed by atoms with Crippen LogP contribution in [0.4, 0.5) is 5.69 Å². The van der Waals surface area contributed by atoms with Crippen molar-refractivity contribution < 1.29 is 9.53 Å². The summed E-state index contributed by atoms with van der Waals surface area (Å²) in [4.78, 5) is 13.3. The Balaban J connectivity index is 1.37. The third-order valence-corrected chi connectivity index (χ3v) is 7.96. The summed E-state index contributed by atoms with van der Waals surface area (Å²) in [5.41, 5.74) is 1.92. The van der Waals surface area contributed by atoms with E-state index in [1.54, 1.807) is 7.11 Å². The lowest BCUT2D eigenvalue weighted by Gasteiger charge is -2.59. The molecule has 4 saturated carbocycles. The number of nitrogens with zero attached hydrogens (tertiary/aromatic N) is 1. The van der Waals surface area contributed by atoms with Crippen molar-refractivity contribution in [2.45, 2.75) is 49.4 Å². The van der Waals surface area contributed by atoms with Crippen molar-refractivity contribution in [2.75, 3.05) is 19.0 Å². The predicted octanol–water partition coefficient (Wildman–Crippen LogP) is 4.96. The van der Waals surface area contributed by atoms with Crippen LogP contribution in [-0.4, -0.2) is 28.5 Å². The second-order valence-electron chi connectivity index (χ2n) is 9.12. The van der Waals surface area contributed by atoms with Gasteiger partial charge in [-0.25, -0.2) is 0 Å². The minimum absolute atomic E-state index is 0.174. The van der Waals surface area contributed by atoms with Crippen LogP contribution in [0.2, 0.25) is 0 Å². The Labute approximate surface area is 168 Å². The highest BCUT2D eigenvalue weighted by Crippen LogP contribution is 2.64. The SMILES string of the molecule is COCCn1ccc2cc(NC(=O)C34CC5CC(CC(Br)(C5)C3)C4)ccc21. The van der Waals surface area contributed by atoms with E-state index >= 15 is 0 Å². The lowest BCUT2D eigenvalue weighted by molar-refractivity contribution is -0.138. The van der Waals surface area contributed by atoms with Crippen molar-refractivity contribution in [3.8, 4) is 0 Å². The molecule has 2 aromatic rings. The van der Waals surface area contributed by atoms with E-state index in [1.807, 2.05) is 6.07 Å². The molecule has 6 rings (SSSR count). The van der Waals surface area contributed by atoms with E-state index in [-0.39, 0.29) is 15.6 Å². The highest BCUT2D eigenvalue weighted by molar-refractivity contribution is 9.10. The Morgan fingerprint density at radius 2 is 2.04 bits per heavy atom. The van der Waals surface area contributed by atoms with Crippen molar-refractivity contribution in [1.82, 2.24) is 4.57 Å². The number of carbonyl (C=O) groups excluding carboxylic acids is 1. The first kappa shape index (κ1) is 17.7. The van der Waals surface area contributed by atoms with Crippen molar-refractivity contribution in [2.24, 2.45) is 17.3 Å². The number of hydrogen-bond acceptors (Lipinski definition) is 2. The van der Waals surface area contributed by atoms with Gasteiger partial charge in [0.05, 0.1) is 12.0 Å². The topological polar surface area (TPSA) is 43.3 Å². The van der Waals surface area contributed by atoms with E-state index in [9.17, 15) is 4.79 Å². The molecule has 5 heteroatoms. The van der Waals surface area contributed by atoms with Gasteiger partial charge < -0.3 is 14.6 Å². The van der Waals surface area contributed by atoms with Crippen molar-refractivity contribution in [3.63, 3.8) is 0 Å². The number of alkyl halides is 1. The number of nitrogens with one attached hydrogen (secondary N) is 1. The first-order valence-electron chi connectivity index (χ1n) is 10.1. The van der Waals surface area contributed by atoms with Gasteiger partial charge in [0.1, 0.15) is 0 Å². The van der Waals surface area contributed by atoms with E-state index in [0.717, 1.165) is 36.9 Å². The molecule has 4 aliphatic rings. The smallest absolute Gasteiger partial charge is 0.230 e. The summed E-state index contributed by atoms with van der Waals surface area (Å²) in [5, 5.41) is 4.43. The van der Waals surface area contributed by atoms with Crippen molar-refractivity contribution in [1.29, 1.82) is 0 Å². The molecule has 4 bridgehead atoms. The molecule has 4 fully saturated rings. The molecule has 1 N–H and O–H groups in total. The van der Waals surface area contributed by atoms with Gasteiger partial charge in [-0.05, 0) is 74.6 Å². The maximum Gasteiger partial charge on any atom is 0.230 e. The monoisotopic (exact) mass is 430 g/mol. The zero-order valence-corrected chi connectivity index (χ0v) is 17.4. The van der Waals surface area contributed by atoms with Gasteiger partial charge in [0, 0.05) is 40.8 Å². The molecule has 1 heterocycles. The Hall–Kier alpha value is -1.33. The number of fused-ring (bicyclic) bond motifs is 1. The zero-order chi connectivity index (χ0) is 18.6. The molecular weight excluding hydrogens is 404 g/mol. The van der Waals surface area contributed by atoms with Gasteiger partial charge in [0.15, 0.2) is 0 Å². The van der Waals surface area contributed by atoms with E-state index in [1.165, 1.54) is 24.8 Å². The van der Waals surface area contributed by atoms with Gasteiger partial charge in [-0.15, -0.1) is 0 Å². The van der Waals surface area contributed by atoms with E-state index < -0.39 is 0 Å². The van der Waals surface area contributed by atoms with Crippen LogP contribution < -0.4 is 5.32 Å². The molecular formula is C22H27BrN2O2. The summed E-state index contributed by atoms with van der Waals surface area (Å²) >= 11 is 4.01. The second-order valence-corrected chi connectivity index (χ2v) is 10.8. The summed E-state index contributed by atoms with van der Waals surface area (Å²) in [7, 11) is 1.72. The summed E-state index contributed by atoms with van der Waals surface area (Å²) in [5.74, 6) is 1.67. The Morgan fingerprint density at radius 3 is 2.74 bits per heavy atom. The maximum absolute atomic E-state index is 13.3. The van der Waals surface area contributed by atoms with E-state index in [2.05, 4.69) is 50.2 Å². The molecule has 2 unspecified atom stereocenters. The fraction of sp³-hybridized carbons (Fsp3) is 0.591. The standard InChI is InChI=1S/C22H27BrN2O2/c1-27-7-6-25-5-4-17-9-18(2-3-19(17)25)24-20(26)21-10-15-8-16(11-21)13-22(23,12-15)14-21/h2-5,9,15-16H,6-8,10-14H2,1H3,(H,24,26). The number of rotatable bonds is 5. The van der Waals surface area contributed by atoms with Crippen LogP contribution in [-0.2, 0) is 16.1 Å². The minimum Gasteiger partial charge on any atom is -0.383 e. The van der Waals surface area contributed by atoms with Gasteiger partial charge in [0.25, 0.3) is 0 Å². The van der Waals surface area contributed by atoms with Crippen LogP contribution in [0, 0.1) is 17.3 Å². The predicted molar refractivity (Wildman–Crippen MR) is 111 cm³/mol. The number of ether oxygens (including phenoxy) is 1. The van der Waals surface area contributed by atoms with Gasteiger partial charge in [-0.2, -0.15) is 0 Å². The number of halogens is 1. The minimum atomic E-state index is -0.174. The fourth-order valence-corrected chi connectivity index (χ4v) is 7.79. The largest absolute Gasteiger partial charge is 0.383 e. The molecule has 4 nitrogen and oxygen atoms in total. The summed E-state index contributed by atoms with van der Waals surface area (Å²) in [6.07, 6.45) is 9.04. The fourth-order valence-electron chi connectivity index (χ4n) is 6.34. The van der Waals surface area contributed by atoms with Crippen LogP contribution in [0.3, 0.4) is 0 Å². The zero-order valence-electron chi connectivity index (χ0n) is 15.8. The summed E-state index contributed by atoms with van der Waals surface area (Å²) < 4.78 is 7.58. The third-order valence-electron chi connectivity index (χ3n) is 7.04. The Kier molecular flexibility index (Phi) is 4.17. The van der Waals surface area contributed by atoms with E-state index in [0.29, 0.717) is 18.4 Å². The number of amides is 1. The average molecular weight is 431 g/mol. The van der Waals surface area contributed by atoms with Gasteiger partial charge >= 0.3 is 0 Å². The molecule has 144 valence electrons. The number of anilines is 1. The molecule has 0 saturated heterocycles. The molecule has 0 spiro atoms. The molecule has 2 atom stereocenters. The van der Waals surface area contributed by atoms with Crippen LogP contribution in [0.15, 0.2) is 30.5 Å². The Bertz CT molecular complexity index is 876. The third kappa shape index (κ3) is 3.03. The second kappa shape index (κ2) is 6.35. The van der Waals surface area contributed by atoms with Crippen LogP contribution >= 0.6 is 15.9 Å². The maximum atomic E-state index is 13.3. The number of methoxy groups -OCH3 is 1. The molecule has 27 heavy (non-hydrogen) atoms. The first-order valence-corrected chi connectivity index (χ1v) is 10.9. The average Bonchev–Trinajstić information content (AvgIpc) is 3.00. The van der Waals surface area contributed by atoms with Crippen LogP contribution in [0.25, 0.3) is 10.9 Å². The summed E-state index contributed by atoms with van der Waals surface area (Å²) in [6.45, 7) is 1.53. The van der Waals surface area contributed by atoms with Gasteiger partial charge in [0.2, 0.25) is 5.91 Å². The number of benzene rings is 1. The Morgan fingerprint density at radius 1 is 1.26 bits per heavy atom. The van der Waals surface area contributed by atoms with E-state index in [4.69, 9.17) is 4.74 Å². The first-order chi connectivity index (χ1) is 13.0. The number of hydrogen-bond donors (Lipinski definition) is 1. The quantitative estimate of drug-likeness (QED) is 0.680.